The molecule has 0 saturated heterocycles. The molecule has 0 aliphatic carbocycles. The van der Waals surface area contributed by atoms with E-state index in [2.05, 4.69) is 64.1 Å². The van der Waals surface area contributed by atoms with Gasteiger partial charge in [0.25, 0.3) is 0 Å². The molecule has 0 radical (unpaired) electrons. The number of rotatable bonds is 8. The van der Waals surface area contributed by atoms with Crippen LogP contribution in [0.3, 0.4) is 0 Å². The van der Waals surface area contributed by atoms with E-state index in [9.17, 15) is 9.59 Å². The molecule has 7 heteroatoms. The van der Waals surface area contributed by atoms with Gasteiger partial charge in [0.05, 0.1) is 19.7 Å². The minimum Gasteiger partial charge on any atom is -0.383 e. The van der Waals surface area contributed by atoms with Crippen molar-refractivity contribution in [2.45, 2.75) is 19.0 Å². The summed E-state index contributed by atoms with van der Waals surface area (Å²) in [6, 6.07) is 17.0. The minimum absolute atomic E-state index is 0.0558. The van der Waals surface area contributed by atoms with Gasteiger partial charge >= 0.3 is 11.8 Å². The van der Waals surface area contributed by atoms with Gasteiger partial charge in [-0.25, -0.2) is 0 Å². The Morgan fingerprint density at radius 1 is 1.03 bits per heavy atom. The predicted octanol–water partition coefficient (Wildman–Crippen LogP) is 0.314. The van der Waals surface area contributed by atoms with Gasteiger partial charge in [-0.3, -0.25) is 9.59 Å². The Kier molecular flexibility index (Phi) is 8.03. The maximum absolute atomic E-state index is 12.3. The number of anilines is 1. The molecular weight excluding hydrogens is 392 g/mol. The first kappa shape index (κ1) is 22.8. The number of nitrogens with zero attached hydrogens (tertiary/aromatic N) is 1. The van der Waals surface area contributed by atoms with Crippen molar-refractivity contribution in [3.05, 3.63) is 65.2 Å². The highest BCUT2D eigenvalue weighted by molar-refractivity contribution is 6.35. The van der Waals surface area contributed by atoms with Gasteiger partial charge in [-0.05, 0) is 17.7 Å². The van der Waals surface area contributed by atoms with Crippen LogP contribution in [0.25, 0.3) is 0 Å². The van der Waals surface area contributed by atoms with E-state index >= 15 is 0 Å². The third kappa shape index (κ3) is 6.06. The van der Waals surface area contributed by atoms with Gasteiger partial charge in [0.2, 0.25) is 0 Å². The van der Waals surface area contributed by atoms with Crippen LogP contribution >= 0.6 is 0 Å². The fourth-order valence-electron chi connectivity index (χ4n) is 4.02. The second kappa shape index (κ2) is 10.9. The molecule has 166 valence electrons. The minimum atomic E-state index is -0.627. The SMILES string of the molecule is COCCNC(=O)C(=O)NC[C@@H](c1ccc(N(C)C)cc1)[NH+]1CCc2ccccc2C1. The van der Waals surface area contributed by atoms with Gasteiger partial charge in [0, 0.05) is 51.0 Å². The molecule has 1 heterocycles. The molecule has 2 aromatic carbocycles. The Hall–Kier alpha value is -2.90. The van der Waals surface area contributed by atoms with Crippen LogP contribution in [0.4, 0.5) is 5.69 Å². The maximum atomic E-state index is 12.3. The monoisotopic (exact) mass is 425 g/mol. The fraction of sp³-hybridized carbons (Fsp3) is 0.417. The van der Waals surface area contributed by atoms with Crippen molar-refractivity contribution >= 4 is 17.5 Å². The molecule has 3 rings (SSSR count). The Morgan fingerprint density at radius 2 is 1.71 bits per heavy atom. The van der Waals surface area contributed by atoms with Crippen LogP contribution in [-0.2, 0) is 27.3 Å². The summed E-state index contributed by atoms with van der Waals surface area (Å²) in [5.41, 5.74) is 5.03. The average Bonchev–Trinajstić information content (AvgIpc) is 2.79. The zero-order valence-electron chi connectivity index (χ0n) is 18.6. The number of fused-ring (bicyclic) bond motifs is 1. The molecule has 0 bridgehead atoms. The van der Waals surface area contributed by atoms with Crippen molar-refractivity contribution in [3.8, 4) is 0 Å². The molecule has 2 atom stereocenters. The van der Waals surface area contributed by atoms with E-state index in [0.717, 1.165) is 30.8 Å². The highest BCUT2D eigenvalue weighted by Gasteiger charge is 2.29. The zero-order valence-corrected chi connectivity index (χ0v) is 18.6. The summed E-state index contributed by atoms with van der Waals surface area (Å²) in [5.74, 6) is -1.24. The molecule has 0 aromatic heterocycles. The molecule has 1 unspecified atom stereocenters. The number of amides is 2. The highest BCUT2D eigenvalue weighted by atomic mass is 16.5. The summed E-state index contributed by atoms with van der Waals surface area (Å²) in [5, 5.41) is 5.41. The number of carbonyl (C=O) groups excluding carboxylic acids is 2. The van der Waals surface area contributed by atoms with Crippen molar-refractivity contribution in [1.82, 2.24) is 10.6 Å². The van der Waals surface area contributed by atoms with Crippen LogP contribution in [0.2, 0.25) is 0 Å². The third-order valence-electron chi connectivity index (χ3n) is 5.82. The summed E-state index contributed by atoms with van der Waals surface area (Å²) >= 11 is 0. The molecule has 0 fully saturated rings. The number of ether oxygens (including phenoxy) is 1. The van der Waals surface area contributed by atoms with Crippen molar-refractivity contribution in [1.29, 1.82) is 0 Å². The average molecular weight is 426 g/mol. The van der Waals surface area contributed by atoms with E-state index in [0.29, 0.717) is 19.7 Å². The van der Waals surface area contributed by atoms with Crippen LogP contribution in [0.1, 0.15) is 22.7 Å². The molecule has 2 amide bonds. The number of carbonyl (C=O) groups is 2. The van der Waals surface area contributed by atoms with Gasteiger partial charge in [-0.1, -0.05) is 36.4 Å². The molecule has 1 aliphatic rings. The summed E-state index contributed by atoms with van der Waals surface area (Å²) in [6.45, 7) is 2.96. The Balaban J connectivity index is 1.73. The third-order valence-corrected chi connectivity index (χ3v) is 5.82. The van der Waals surface area contributed by atoms with Crippen molar-refractivity contribution in [3.63, 3.8) is 0 Å². The predicted molar refractivity (Wildman–Crippen MR) is 121 cm³/mol. The van der Waals surface area contributed by atoms with Gasteiger partial charge in [0.15, 0.2) is 0 Å². The van der Waals surface area contributed by atoms with Crippen LogP contribution in [-0.4, -0.2) is 59.3 Å². The number of hydrogen-bond acceptors (Lipinski definition) is 4. The Labute approximate surface area is 184 Å². The molecule has 7 nitrogen and oxygen atoms in total. The first-order valence-corrected chi connectivity index (χ1v) is 10.7. The first-order valence-electron chi connectivity index (χ1n) is 10.7. The Bertz CT molecular complexity index is 883. The second-order valence-electron chi connectivity index (χ2n) is 8.10. The second-order valence-corrected chi connectivity index (χ2v) is 8.10. The number of hydrogen-bond donors (Lipinski definition) is 3. The van der Waals surface area contributed by atoms with Crippen LogP contribution in [0.5, 0.6) is 0 Å². The normalized spacial score (nSPS) is 16.2. The van der Waals surface area contributed by atoms with E-state index in [1.54, 1.807) is 7.11 Å². The summed E-state index contributed by atoms with van der Waals surface area (Å²) < 4.78 is 4.91. The highest BCUT2D eigenvalue weighted by Crippen LogP contribution is 2.18. The van der Waals surface area contributed by atoms with Crippen molar-refractivity contribution < 1.29 is 19.2 Å². The number of benzene rings is 2. The van der Waals surface area contributed by atoms with Gasteiger partial charge < -0.3 is 25.2 Å². The molecule has 0 spiro atoms. The van der Waals surface area contributed by atoms with E-state index in [-0.39, 0.29) is 6.04 Å². The van der Waals surface area contributed by atoms with Crippen LogP contribution in [0.15, 0.2) is 48.5 Å². The quantitative estimate of drug-likeness (QED) is 0.421. The van der Waals surface area contributed by atoms with Crippen molar-refractivity contribution in [2.24, 2.45) is 0 Å². The largest absolute Gasteiger partial charge is 0.383 e. The lowest BCUT2D eigenvalue weighted by atomic mass is 9.96. The number of methoxy groups -OCH3 is 1. The number of quaternary nitrogens is 1. The van der Waals surface area contributed by atoms with Crippen LogP contribution < -0.4 is 20.4 Å². The van der Waals surface area contributed by atoms with E-state index in [1.165, 1.54) is 16.0 Å². The van der Waals surface area contributed by atoms with E-state index < -0.39 is 11.8 Å². The molecule has 3 N–H and O–H groups in total. The van der Waals surface area contributed by atoms with Crippen LogP contribution in [0, 0.1) is 0 Å². The molecule has 1 aliphatic heterocycles. The van der Waals surface area contributed by atoms with Gasteiger partial charge in [-0.2, -0.15) is 0 Å². The first-order chi connectivity index (χ1) is 15.0. The maximum Gasteiger partial charge on any atom is 0.309 e. The fourth-order valence-corrected chi connectivity index (χ4v) is 4.02. The Morgan fingerprint density at radius 3 is 2.39 bits per heavy atom. The molecule has 2 aromatic rings. The topological polar surface area (TPSA) is 75.1 Å². The van der Waals surface area contributed by atoms with E-state index in [1.807, 2.05) is 14.1 Å². The lowest BCUT2D eigenvalue weighted by Crippen LogP contribution is -3.12. The molecule has 31 heavy (non-hydrogen) atoms. The zero-order chi connectivity index (χ0) is 22.2. The van der Waals surface area contributed by atoms with Gasteiger partial charge in [-0.15, -0.1) is 0 Å². The lowest BCUT2D eigenvalue weighted by Gasteiger charge is -2.33. The van der Waals surface area contributed by atoms with Crippen molar-refractivity contribution in [2.75, 3.05) is 52.3 Å². The molecular formula is C24H33N4O3+. The number of nitrogens with one attached hydrogen (secondary N) is 3. The molecule has 0 saturated carbocycles. The summed E-state index contributed by atoms with van der Waals surface area (Å²) in [6.07, 6.45) is 1.00. The van der Waals surface area contributed by atoms with E-state index in [4.69, 9.17) is 4.74 Å². The smallest absolute Gasteiger partial charge is 0.309 e. The summed E-state index contributed by atoms with van der Waals surface area (Å²) in [7, 11) is 5.58. The standard InChI is InChI=1S/C24H32N4O3/c1-27(2)21-10-8-19(9-11-21)22(16-26-24(30)23(29)25-13-15-31-3)28-14-12-18-6-4-5-7-20(18)17-28/h4-11,22H,12-17H2,1-3H3,(H,25,29)(H,26,30)/p+1/t22-/m0/s1. The van der Waals surface area contributed by atoms with Gasteiger partial charge in [0.1, 0.15) is 12.6 Å². The summed E-state index contributed by atoms with van der Waals surface area (Å²) in [4.78, 5) is 27.8. The lowest BCUT2D eigenvalue weighted by molar-refractivity contribution is -0.945.